The lowest BCUT2D eigenvalue weighted by atomic mass is 10.00. The highest BCUT2D eigenvalue weighted by molar-refractivity contribution is 7.71. The number of oxazole rings is 1. The van der Waals surface area contributed by atoms with Gasteiger partial charge in [0, 0.05) is 13.1 Å². The molecule has 1 aromatic heterocycles. The second-order valence-electron chi connectivity index (χ2n) is 5.83. The van der Waals surface area contributed by atoms with Gasteiger partial charge < -0.3 is 4.42 Å². The summed E-state index contributed by atoms with van der Waals surface area (Å²) in [6.45, 7) is 2.74. The van der Waals surface area contributed by atoms with Gasteiger partial charge in [-0.15, -0.1) is 0 Å². The summed E-state index contributed by atoms with van der Waals surface area (Å²) >= 11 is 5.38. The van der Waals surface area contributed by atoms with Gasteiger partial charge in [0.15, 0.2) is 5.58 Å². The van der Waals surface area contributed by atoms with Crippen LogP contribution in [0.5, 0.6) is 0 Å². The van der Waals surface area contributed by atoms with E-state index in [0.717, 1.165) is 37.3 Å². The number of nitrogens with zero attached hydrogens (tertiary/aromatic N) is 2. The van der Waals surface area contributed by atoms with Gasteiger partial charge >= 0.3 is 0 Å². The molecule has 0 unspecified atom stereocenters. The van der Waals surface area contributed by atoms with E-state index in [0.29, 0.717) is 4.84 Å². The number of hydrogen-bond acceptors (Lipinski definition) is 3. The van der Waals surface area contributed by atoms with Gasteiger partial charge in [-0.05, 0) is 41.9 Å². The standard InChI is InChI=1S/C19H18N2OS/c23-19-21(17-8-4-5-9-18(17)22-19)14-20-12-10-16(11-13-20)15-6-2-1-3-7-15/h1-10H,11-14H2. The molecule has 3 nitrogen and oxygen atoms in total. The smallest absolute Gasteiger partial charge is 0.270 e. The number of fused-ring (bicyclic) bond motifs is 1. The van der Waals surface area contributed by atoms with E-state index in [-0.39, 0.29) is 0 Å². The van der Waals surface area contributed by atoms with E-state index >= 15 is 0 Å². The zero-order valence-corrected chi connectivity index (χ0v) is 13.6. The molecule has 1 aliphatic heterocycles. The molecule has 1 aliphatic rings. The number of benzene rings is 2. The van der Waals surface area contributed by atoms with Crippen molar-refractivity contribution in [2.24, 2.45) is 0 Å². The highest BCUT2D eigenvalue weighted by Crippen LogP contribution is 2.23. The second-order valence-corrected chi connectivity index (χ2v) is 6.18. The molecule has 2 heterocycles. The topological polar surface area (TPSA) is 21.3 Å². The summed E-state index contributed by atoms with van der Waals surface area (Å²) < 4.78 is 7.74. The maximum absolute atomic E-state index is 5.67. The monoisotopic (exact) mass is 322 g/mol. The molecule has 0 fully saturated rings. The van der Waals surface area contributed by atoms with Crippen LogP contribution in [0, 0.1) is 4.84 Å². The van der Waals surface area contributed by atoms with E-state index in [1.54, 1.807) is 0 Å². The van der Waals surface area contributed by atoms with Gasteiger partial charge in [0.25, 0.3) is 4.84 Å². The molecule has 116 valence electrons. The predicted molar refractivity (Wildman–Crippen MR) is 95.6 cm³/mol. The summed E-state index contributed by atoms with van der Waals surface area (Å²) in [5, 5.41) is 0. The minimum Gasteiger partial charge on any atom is -0.429 e. The van der Waals surface area contributed by atoms with Crippen LogP contribution in [0.15, 0.2) is 65.1 Å². The third-order valence-corrected chi connectivity index (χ3v) is 4.66. The van der Waals surface area contributed by atoms with Gasteiger partial charge in [0.05, 0.1) is 12.2 Å². The first-order chi connectivity index (χ1) is 11.3. The van der Waals surface area contributed by atoms with Crippen molar-refractivity contribution in [2.75, 3.05) is 13.1 Å². The van der Waals surface area contributed by atoms with Crippen molar-refractivity contribution in [1.29, 1.82) is 0 Å². The minimum absolute atomic E-state index is 0.545. The third-order valence-electron chi connectivity index (χ3n) is 4.35. The Morgan fingerprint density at radius 3 is 2.57 bits per heavy atom. The summed E-state index contributed by atoms with van der Waals surface area (Å²) in [6.07, 6.45) is 3.39. The van der Waals surface area contributed by atoms with E-state index in [2.05, 4.69) is 51.9 Å². The Labute approximate surface area is 140 Å². The molecule has 0 bridgehead atoms. The van der Waals surface area contributed by atoms with Gasteiger partial charge in [-0.3, -0.25) is 9.47 Å². The first kappa shape index (κ1) is 14.4. The molecule has 0 saturated heterocycles. The Bertz CT molecular complexity index is 908. The molecule has 3 aromatic rings. The van der Waals surface area contributed by atoms with Crippen LogP contribution in [-0.2, 0) is 6.67 Å². The molecule has 0 radical (unpaired) electrons. The van der Waals surface area contributed by atoms with Crippen LogP contribution in [0.3, 0.4) is 0 Å². The fourth-order valence-corrected chi connectivity index (χ4v) is 3.35. The zero-order valence-electron chi connectivity index (χ0n) is 12.8. The van der Waals surface area contributed by atoms with Crippen LogP contribution in [0.4, 0.5) is 0 Å². The van der Waals surface area contributed by atoms with Crippen molar-refractivity contribution in [2.45, 2.75) is 13.1 Å². The summed E-state index contributed by atoms with van der Waals surface area (Å²) in [4.78, 5) is 2.94. The quantitative estimate of drug-likeness (QED) is 0.652. The molecule has 0 saturated carbocycles. The molecular weight excluding hydrogens is 304 g/mol. The largest absolute Gasteiger partial charge is 0.429 e. The van der Waals surface area contributed by atoms with Crippen LogP contribution in [0.1, 0.15) is 12.0 Å². The van der Waals surface area contributed by atoms with Gasteiger partial charge in [-0.25, -0.2) is 0 Å². The molecule has 0 amide bonds. The van der Waals surface area contributed by atoms with Crippen LogP contribution >= 0.6 is 12.2 Å². The lowest BCUT2D eigenvalue weighted by Gasteiger charge is -2.26. The minimum atomic E-state index is 0.545. The van der Waals surface area contributed by atoms with Crippen LogP contribution < -0.4 is 0 Å². The predicted octanol–water partition coefficient (Wildman–Crippen LogP) is 4.71. The molecule has 23 heavy (non-hydrogen) atoms. The maximum Gasteiger partial charge on any atom is 0.270 e. The summed E-state index contributed by atoms with van der Waals surface area (Å²) in [6, 6.07) is 18.6. The highest BCUT2D eigenvalue weighted by Gasteiger charge is 2.15. The molecule has 4 rings (SSSR count). The van der Waals surface area contributed by atoms with E-state index in [4.69, 9.17) is 16.6 Å². The van der Waals surface area contributed by atoms with Crippen molar-refractivity contribution in [3.63, 3.8) is 0 Å². The number of hydrogen-bond donors (Lipinski definition) is 0. The summed E-state index contributed by atoms with van der Waals surface area (Å²) in [5.41, 5.74) is 4.69. The molecular formula is C19H18N2OS. The number of para-hydroxylation sites is 2. The zero-order chi connectivity index (χ0) is 15.6. The molecule has 0 atom stereocenters. The van der Waals surface area contributed by atoms with E-state index < -0.39 is 0 Å². The molecule has 0 N–H and O–H groups in total. The van der Waals surface area contributed by atoms with Gasteiger partial charge in [-0.1, -0.05) is 48.5 Å². The Morgan fingerprint density at radius 1 is 1.00 bits per heavy atom. The van der Waals surface area contributed by atoms with Crippen molar-refractivity contribution in [3.8, 4) is 0 Å². The fourth-order valence-electron chi connectivity index (χ4n) is 3.10. The Balaban J connectivity index is 1.54. The van der Waals surface area contributed by atoms with Gasteiger partial charge in [0.1, 0.15) is 0 Å². The normalized spacial score (nSPS) is 15.7. The van der Waals surface area contributed by atoms with Crippen molar-refractivity contribution < 1.29 is 4.42 Å². The van der Waals surface area contributed by atoms with E-state index in [9.17, 15) is 0 Å². The lowest BCUT2D eigenvalue weighted by molar-refractivity contribution is 0.238. The fraction of sp³-hybridized carbons (Fsp3) is 0.211. The Kier molecular flexibility index (Phi) is 3.85. The number of aromatic nitrogens is 1. The third kappa shape index (κ3) is 2.87. The van der Waals surface area contributed by atoms with Crippen molar-refractivity contribution >= 4 is 28.9 Å². The first-order valence-electron chi connectivity index (χ1n) is 7.86. The highest BCUT2D eigenvalue weighted by atomic mass is 32.1. The Hall–Kier alpha value is -2.17. The van der Waals surface area contributed by atoms with Crippen LogP contribution in [-0.4, -0.2) is 22.6 Å². The molecule has 0 spiro atoms. The second kappa shape index (κ2) is 6.14. The first-order valence-corrected chi connectivity index (χ1v) is 8.27. The SMILES string of the molecule is S=c1oc2ccccc2n1CN1CC=C(c2ccccc2)CC1. The average molecular weight is 322 g/mol. The summed E-state index contributed by atoms with van der Waals surface area (Å²) in [5.74, 6) is 0. The van der Waals surface area contributed by atoms with Gasteiger partial charge in [0.2, 0.25) is 0 Å². The van der Waals surface area contributed by atoms with E-state index in [1.165, 1.54) is 11.1 Å². The Morgan fingerprint density at radius 2 is 1.78 bits per heavy atom. The molecule has 4 heteroatoms. The van der Waals surface area contributed by atoms with Gasteiger partial charge in [-0.2, -0.15) is 0 Å². The molecule has 2 aromatic carbocycles. The maximum atomic E-state index is 5.67. The van der Waals surface area contributed by atoms with E-state index in [1.807, 2.05) is 18.2 Å². The van der Waals surface area contributed by atoms with Crippen molar-refractivity contribution in [1.82, 2.24) is 9.47 Å². The average Bonchev–Trinajstić information content (AvgIpc) is 2.92. The lowest BCUT2D eigenvalue weighted by Crippen LogP contribution is -2.30. The van der Waals surface area contributed by atoms with Crippen LogP contribution in [0.25, 0.3) is 16.7 Å². The van der Waals surface area contributed by atoms with Crippen LogP contribution in [0.2, 0.25) is 0 Å². The molecule has 0 aliphatic carbocycles. The number of rotatable bonds is 3. The van der Waals surface area contributed by atoms with Crippen molar-refractivity contribution in [3.05, 3.63) is 71.1 Å². The summed E-state index contributed by atoms with van der Waals surface area (Å²) in [7, 11) is 0.